The Morgan fingerprint density at radius 3 is 0.906 bits per heavy atom. The van der Waals surface area contributed by atoms with Crippen molar-refractivity contribution in [2.45, 2.75) is 52.4 Å². The molecule has 3 rings (SSSR count). The molecule has 0 nitrogen and oxygen atoms in total. The van der Waals surface area contributed by atoms with Crippen LogP contribution in [0.25, 0.3) is 0 Å². The fourth-order valence-corrected chi connectivity index (χ4v) is 8.32. The van der Waals surface area contributed by atoms with Gasteiger partial charge in [-0.1, -0.05) is 64.1 Å². The summed E-state index contributed by atoms with van der Waals surface area (Å²) in [5.41, 5.74) is 6.92. The molecule has 3 aromatic rings. The lowest BCUT2D eigenvalue weighted by molar-refractivity contribution is 0.616. The Balaban J connectivity index is 2.17. The monoisotopic (exact) mass is 810 g/mol. The van der Waals surface area contributed by atoms with Gasteiger partial charge in [0.2, 0.25) is 0 Å². The van der Waals surface area contributed by atoms with Gasteiger partial charge in [0, 0.05) is 37.7 Å². The van der Waals surface area contributed by atoms with Crippen molar-refractivity contribution >= 4 is 95.6 Å². The van der Waals surface area contributed by atoms with Crippen LogP contribution in [0.4, 0.5) is 0 Å². The van der Waals surface area contributed by atoms with Crippen LogP contribution in [-0.4, -0.2) is 0 Å². The summed E-state index contributed by atoms with van der Waals surface area (Å²) in [5, 5.41) is 0. The summed E-state index contributed by atoms with van der Waals surface area (Å²) in [6, 6.07) is 13.3. The second-order valence-corrected chi connectivity index (χ2v) is 13.9. The fourth-order valence-electron chi connectivity index (χ4n) is 4.06. The molecule has 0 aromatic heterocycles. The zero-order valence-corrected chi connectivity index (χ0v) is 28.2. The third-order valence-corrected chi connectivity index (χ3v) is 13.3. The van der Waals surface area contributed by atoms with E-state index < -0.39 is 0 Å². The smallest absolute Gasteiger partial charge is 0.0361 e. The molecule has 0 heterocycles. The van der Waals surface area contributed by atoms with Crippen LogP contribution in [0.2, 0.25) is 0 Å². The number of rotatable bonds is 4. The van der Waals surface area contributed by atoms with E-state index in [1.54, 1.807) is 0 Å². The summed E-state index contributed by atoms with van der Waals surface area (Å²) in [5.74, 6) is 0. The minimum Gasteiger partial charge on any atom is -0.0578 e. The van der Waals surface area contributed by atoms with Crippen LogP contribution in [0.5, 0.6) is 0 Å². The third kappa shape index (κ3) is 4.67. The lowest BCUT2D eigenvalue weighted by Crippen LogP contribution is -2.24. The second kappa shape index (κ2) is 9.89. The zero-order valence-electron chi connectivity index (χ0n) is 18.7. The molecule has 0 saturated heterocycles. The molecule has 0 saturated carbocycles. The fraction of sp³-hybridized carbons (Fsp3) is 0.308. The number of halogens is 6. The normalized spacial score (nSPS) is 12.4. The van der Waals surface area contributed by atoms with Crippen LogP contribution in [0, 0.1) is 13.8 Å². The molecule has 0 aliphatic rings. The first-order valence-electron chi connectivity index (χ1n) is 10.1. The standard InChI is InChI=1S/C26H24Br6/c1-13-7-9-15(21(29)19(13)27)25(3,4)17-11-12-18(24(32)23(17)31)26(5,6)16-10-8-14(2)20(28)22(16)30/h7-12H,1-6H3. The van der Waals surface area contributed by atoms with E-state index in [1.807, 2.05) is 0 Å². The van der Waals surface area contributed by atoms with Gasteiger partial charge in [0.15, 0.2) is 0 Å². The van der Waals surface area contributed by atoms with Gasteiger partial charge in [0.05, 0.1) is 0 Å². The van der Waals surface area contributed by atoms with Crippen molar-refractivity contribution in [2.75, 3.05) is 0 Å². The number of hydrogen-bond donors (Lipinski definition) is 0. The van der Waals surface area contributed by atoms with Gasteiger partial charge >= 0.3 is 0 Å². The van der Waals surface area contributed by atoms with Crippen molar-refractivity contribution in [1.82, 2.24) is 0 Å². The first kappa shape index (κ1) is 27.1. The van der Waals surface area contributed by atoms with Crippen LogP contribution >= 0.6 is 95.6 Å². The highest BCUT2D eigenvalue weighted by atomic mass is 79.9. The van der Waals surface area contributed by atoms with Gasteiger partial charge in [0.25, 0.3) is 0 Å². The maximum absolute atomic E-state index is 3.94. The lowest BCUT2D eigenvalue weighted by Gasteiger charge is -2.33. The summed E-state index contributed by atoms with van der Waals surface area (Å²) in [6.07, 6.45) is 0. The summed E-state index contributed by atoms with van der Waals surface area (Å²) < 4.78 is 6.57. The van der Waals surface area contributed by atoms with E-state index in [0.29, 0.717) is 0 Å². The molecule has 32 heavy (non-hydrogen) atoms. The SMILES string of the molecule is Cc1ccc(C(C)(C)c2ccc(C(C)(C)c3ccc(C)c(Br)c3Br)c(Br)c2Br)c(Br)c1Br. The molecule has 0 unspecified atom stereocenters. The van der Waals surface area contributed by atoms with E-state index in [-0.39, 0.29) is 10.8 Å². The topological polar surface area (TPSA) is 0 Å². The average Bonchev–Trinajstić information content (AvgIpc) is 2.71. The number of aryl methyl sites for hydroxylation is 2. The Morgan fingerprint density at radius 1 is 0.406 bits per heavy atom. The Kier molecular flexibility index (Phi) is 8.39. The van der Waals surface area contributed by atoms with Gasteiger partial charge in [-0.05, 0) is 143 Å². The minimum absolute atomic E-state index is 0.216. The van der Waals surface area contributed by atoms with Crippen LogP contribution in [0.1, 0.15) is 61.1 Å². The highest BCUT2D eigenvalue weighted by Crippen LogP contribution is 2.48. The Hall–Kier alpha value is 0.540. The van der Waals surface area contributed by atoms with E-state index in [9.17, 15) is 0 Å². The molecular weight excluding hydrogens is 792 g/mol. The van der Waals surface area contributed by atoms with Gasteiger partial charge < -0.3 is 0 Å². The average molecular weight is 816 g/mol. The number of benzene rings is 3. The first-order chi connectivity index (χ1) is 14.7. The summed E-state index contributed by atoms with van der Waals surface area (Å²) >= 11 is 23.0. The van der Waals surface area contributed by atoms with Gasteiger partial charge in [-0.15, -0.1) is 0 Å². The highest BCUT2D eigenvalue weighted by Gasteiger charge is 2.34. The third-order valence-electron chi connectivity index (χ3n) is 6.33. The van der Waals surface area contributed by atoms with Crippen LogP contribution in [0.3, 0.4) is 0 Å². The molecule has 0 bridgehead atoms. The van der Waals surface area contributed by atoms with Crippen molar-refractivity contribution < 1.29 is 0 Å². The molecule has 170 valence electrons. The molecule has 0 radical (unpaired) electrons. The highest BCUT2D eigenvalue weighted by molar-refractivity contribution is 9.13. The molecule has 3 aromatic carbocycles. The Labute approximate surface area is 242 Å². The maximum atomic E-state index is 3.94. The largest absolute Gasteiger partial charge is 0.0578 e. The van der Waals surface area contributed by atoms with Crippen LogP contribution < -0.4 is 0 Å². The van der Waals surface area contributed by atoms with Crippen molar-refractivity contribution in [3.63, 3.8) is 0 Å². The molecule has 0 aliphatic carbocycles. The van der Waals surface area contributed by atoms with Gasteiger partial charge in [-0.25, -0.2) is 0 Å². The summed E-state index contributed by atoms with van der Waals surface area (Å²) in [6.45, 7) is 13.3. The minimum atomic E-state index is -0.216. The quantitative estimate of drug-likeness (QED) is 0.246. The molecule has 0 fully saturated rings. The van der Waals surface area contributed by atoms with Crippen LogP contribution in [-0.2, 0) is 10.8 Å². The molecule has 6 heteroatoms. The number of hydrogen-bond acceptors (Lipinski definition) is 0. The Morgan fingerprint density at radius 2 is 0.625 bits per heavy atom. The molecule has 0 aliphatic heterocycles. The predicted octanol–water partition coefficient (Wildman–Crippen LogP) is 11.5. The van der Waals surface area contributed by atoms with Crippen molar-refractivity contribution in [2.24, 2.45) is 0 Å². The molecule has 0 N–H and O–H groups in total. The first-order valence-corrected chi connectivity index (χ1v) is 14.9. The summed E-state index contributed by atoms with van der Waals surface area (Å²) in [7, 11) is 0. The van der Waals surface area contributed by atoms with E-state index in [0.717, 1.165) is 26.8 Å². The molecule has 0 amide bonds. The van der Waals surface area contributed by atoms with E-state index in [2.05, 4.69) is 174 Å². The van der Waals surface area contributed by atoms with Crippen LogP contribution in [0.15, 0.2) is 63.2 Å². The second-order valence-electron chi connectivity index (χ2n) is 9.15. The molecule has 0 spiro atoms. The maximum Gasteiger partial charge on any atom is 0.0361 e. The molecular formula is C26H24Br6. The molecule has 0 atom stereocenters. The van der Waals surface area contributed by atoms with E-state index >= 15 is 0 Å². The van der Waals surface area contributed by atoms with Gasteiger partial charge in [-0.2, -0.15) is 0 Å². The lowest BCUT2D eigenvalue weighted by atomic mass is 9.74. The zero-order chi connectivity index (χ0) is 24.2. The van der Waals surface area contributed by atoms with Gasteiger partial charge in [0.1, 0.15) is 0 Å². The van der Waals surface area contributed by atoms with Crippen molar-refractivity contribution in [3.8, 4) is 0 Å². The van der Waals surface area contributed by atoms with Gasteiger partial charge in [-0.3, -0.25) is 0 Å². The van der Waals surface area contributed by atoms with E-state index in [1.165, 1.54) is 33.4 Å². The summed E-state index contributed by atoms with van der Waals surface area (Å²) in [4.78, 5) is 0. The van der Waals surface area contributed by atoms with E-state index in [4.69, 9.17) is 0 Å². The predicted molar refractivity (Wildman–Crippen MR) is 159 cm³/mol. The van der Waals surface area contributed by atoms with Crippen molar-refractivity contribution in [3.05, 3.63) is 96.6 Å². The Bertz CT molecular complexity index is 1110. The van der Waals surface area contributed by atoms with Crippen molar-refractivity contribution in [1.29, 1.82) is 0 Å².